The van der Waals surface area contributed by atoms with Gasteiger partial charge in [-0.15, -0.1) is 0 Å². The molecule has 0 saturated heterocycles. The molecule has 0 aliphatic carbocycles. The fraction of sp³-hybridized carbons (Fsp3) is 0.400. The van der Waals surface area contributed by atoms with Crippen LogP contribution in [-0.2, 0) is 4.79 Å². The molecule has 1 atom stereocenters. The number of nitrogens with one attached hydrogen (secondary N) is 1. The van der Waals surface area contributed by atoms with Crippen molar-refractivity contribution in [3.63, 3.8) is 0 Å². The molecule has 0 fully saturated rings. The molecule has 1 rings (SSSR count). The summed E-state index contributed by atoms with van der Waals surface area (Å²) < 4.78 is 4.76. The molecule has 1 aromatic heterocycles. The van der Waals surface area contributed by atoms with E-state index in [1.165, 1.54) is 12.5 Å². The molecular weight excluding hydrogens is 182 g/mol. The summed E-state index contributed by atoms with van der Waals surface area (Å²) in [7, 11) is 0. The van der Waals surface area contributed by atoms with Gasteiger partial charge in [0.1, 0.15) is 6.26 Å². The molecule has 0 aliphatic heterocycles. The zero-order valence-electron chi connectivity index (χ0n) is 8.24. The number of hydrogen-bond acceptors (Lipinski definition) is 3. The molecule has 0 aliphatic rings. The standard InChI is InChI=1S/C10H13NO3/c1-3-9(12)7(2)11-10(13)8-4-5-14-6-8/h4-7H,3H2,1-2H3,(H,11,13). The van der Waals surface area contributed by atoms with E-state index in [1.807, 2.05) is 0 Å². The molecule has 4 heteroatoms. The van der Waals surface area contributed by atoms with E-state index in [0.717, 1.165) is 0 Å². The van der Waals surface area contributed by atoms with Gasteiger partial charge in [-0.25, -0.2) is 0 Å². The van der Waals surface area contributed by atoms with Crippen molar-refractivity contribution >= 4 is 11.7 Å². The van der Waals surface area contributed by atoms with E-state index >= 15 is 0 Å². The smallest absolute Gasteiger partial charge is 0.255 e. The van der Waals surface area contributed by atoms with E-state index in [9.17, 15) is 9.59 Å². The highest BCUT2D eigenvalue weighted by Crippen LogP contribution is 2.00. The summed E-state index contributed by atoms with van der Waals surface area (Å²) in [6.07, 6.45) is 3.19. The predicted molar refractivity (Wildman–Crippen MR) is 50.9 cm³/mol. The van der Waals surface area contributed by atoms with Gasteiger partial charge in [0.2, 0.25) is 0 Å². The molecule has 4 nitrogen and oxygen atoms in total. The van der Waals surface area contributed by atoms with Crippen molar-refractivity contribution in [1.29, 1.82) is 0 Å². The number of carbonyl (C=O) groups is 2. The number of ketones is 1. The largest absolute Gasteiger partial charge is 0.472 e. The number of carbonyl (C=O) groups excluding carboxylic acids is 2. The summed E-state index contributed by atoms with van der Waals surface area (Å²) in [4.78, 5) is 22.6. The van der Waals surface area contributed by atoms with Crippen molar-refractivity contribution in [1.82, 2.24) is 5.32 Å². The minimum absolute atomic E-state index is 0.0156. The van der Waals surface area contributed by atoms with Gasteiger partial charge in [0.05, 0.1) is 17.9 Å². The lowest BCUT2D eigenvalue weighted by molar-refractivity contribution is -0.120. The van der Waals surface area contributed by atoms with Gasteiger partial charge in [-0.05, 0) is 13.0 Å². The van der Waals surface area contributed by atoms with Crippen LogP contribution in [0.4, 0.5) is 0 Å². The van der Waals surface area contributed by atoms with Crippen molar-refractivity contribution in [2.45, 2.75) is 26.3 Å². The quantitative estimate of drug-likeness (QED) is 0.789. The summed E-state index contributed by atoms with van der Waals surface area (Å²) in [6, 6.07) is 1.11. The van der Waals surface area contributed by atoms with E-state index in [4.69, 9.17) is 4.42 Å². The molecule has 76 valence electrons. The van der Waals surface area contributed by atoms with Crippen LogP contribution >= 0.6 is 0 Å². The lowest BCUT2D eigenvalue weighted by atomic mass is 10.1. The second kappa shape index (κ2) is 4.60. The Balaban J connectivity index is 2.53. The van der Waals surface area contributed by atoms with Crippen molar-refractivity contribution < 1.29 is 14.0 Å². The lowest BCUT2D eigenvalue weighted by Crippen LogP contribution is -2.37. The topological polar surface area (TPSA) is 59.3 Å². The number of rotatable bonds is 4. The predicted octanol–water partition coefficient (Wildman–Crippen LogP) is 1.38. The monoisotopic (exact) mass is 195 g/mol. The number of furan rings is 1. The minimum Gasteiger partial charge on any atom is -0.472 e. The summed E-state index contributed by atoms with van der Waals surface area (Å²) >= 11 is 0. The first-order valence-corrected chi connectivity index (χ1v) is 4.51. The van der Waals surface area contributed by atoms with Gasteiger partial charge in [0, 0.05) is 6.42 Å². The molecule has 0 aromatic carbocycles. The average molecular weight is 195 g/mol. The lowest BCUT2D eigenvalue weighted by Gasteiger charge is -2.10. The zero-order valence-corrected chi connectivity index (χ0v) is 8.24. The van der Waals surface area contributed by atoms with Crippen LogP contribution < -0.4 is 5.32 Å². The van der Waals surface area contributed by atoms with Crippen LogP contribution in [0.5, 0.6) is 0 Å². The molecule has 0 bridgehead atoms. The highest BCUT2D eigenvalue weighted by molar-refractivity contribution is 5.97. The second-order valence-electron chi connectivity index (χ2n) is 3.03. The fourth-order valence-corrected chi connectivity index (χ4v) is 1.06. The first-order valence-electron chi connectivity index (χ1n) is 4.51. The van der Waals surface area contributed by atoms with E-state index in [0.29, 0.717) is 12.0 Å². The third kappa shape index (κ3) is 2.45. The maximum atomic E-state index is 11.4. The normalized spacial score (nSPS) is 12.1. The van der Waals surface area contributed by atoms with Gasteiger partial charge in [-0.2, -0.15) is 0 Å². The third-order valence-corrected chi connectivity index (χ3v) is 1.96. The molecule has 1 heterocycles. The molecule has 0 radical (unpaired) electrons. The first-order chi connectivity index (χ1) is 6.65. The Morgan fingerprint density at radius 1 is 1.57 bits per heavy atom. The fourth-order valence-electron chi connectivity index (χ4n) is 1.06. The molecule has 0 spiro atoms. The van der Waals surface area contributed by atoms with Gasteiger partial charge in [0.25, 0.3) is 5.91 Å². The molecule has 0 saturated carbocycles. The average Bonchev–Trinajstić information content (AvgIpc) is 2.69. The number of amides is 1. The minimum atomic E-state index is -0.442. The van der Waals surface area contributed by atoms with Crippen LogP contribution in [0.25, 0.3) is 0 Å². The van der Waals surface area contributed by atoms with Crippen LogP contribution in [0.1, 0.15) is 30.6 Å². The van der Waals surface area contributed by atoms with E-state index in [2.05, 4.69) is 5.32 Å². The Morgan fingerprint density at radius 3 is 2.79 bits per heavy atom. The molecule has 14 heavy (non-hydrogen) atoms. The molecule has 1 aromatic rings. The van der Waals surface area contributed by atoms with Crippen LogP contribution in [0.2, 0.25) is 0 Å². The Labute approximate surface area is 82.3 Å². The highest BCUT2D eigenvalue weighted by Gasteiger charge is 2.15. The van der Waals surface area contributed by atoms with Crippen molar-refractivity contribution in [2.24, 2.45) is 0 Å². The molecule has 1 N–H and O–H groups in total. The second-order valence-corrected chi connectivity index (χ2v) is 3.03. The number of hydrogen-bond donors (Lipinski definition) is 1. The Hall–Kier alpha value is -1.58. The van der Waals surface area contributed by atoms with Crippen molar-refractivity contribution in [3.8, 4) is 0 Å². The third-order valence-electron chi connectivity index (χ3n) is 1.96. The van der Waals surface area contributed by atoms with Crippen LogP contribution in [-0.4, -0.2) is 17.7 Å². The summed E-state index contributed by atoms with van der Waals surface area (Å²) in [5.74, 6) is -0.269. The molecule has 1 unspecified atom stereocenters. The van der Waals surface area contributed by atoms with Gasteiger partial charge in [-0.3, -0.25) is 9.59 Å². The van der Waals surface area contributed by atoms with Crippen molar-refractivity contribution in [3.05, 3.63) is 24.2 Å². The van der Waals surface area contributed by atoms with Crippen molar-refractivity contribution in [2.75, 3.05) is 0 Å². The number of Topliss-reactive ketones (excluding diaryl/α,β-unsaturated/α-hetero) is 1. The summed E-state index contributed by atoms with van der Waals surface area (Å²) in [6.45, 7) is 3.44. The van der Waals surface area contributed by atoms with Crippen LogP contribution in [0.15, 0.2) is 23.0 Å². The van der Waals surface area contributed by atoms with Crippen LogP contribution in [0.3, 0.4) is 0 Å². The maximum absolute atomic E-state index is 11.4. The summed E-state index contributed by atoms with van der Waals surface area (Å²) in [5.41, 5.74) is 0.431. The highest BCUT2D eigenvalue weighted by atomic mass is 16.3. The van der Waals surface area contributed by atoms with Gasteiger partial charge < -0.3 is 9.73 Å². The van der Waals surface area contributed by atoms with E-state index in [-0.39, 0.29) is 11.7 Å². The van der Waals surface area contributed by atoms with E-state index in [1.54, 1.807) is 19.9 Å². The molecular formula is C10H13NO3. The van der Waals surface area contributed by atoms with E-state index < -0.39 is 6.04 Å². The molecule has 1 amide bonds. The summed E-state index contributed by atoms with van der Waals surface area (Å²) in [5, 5.41) is 2.58. The maximum Gasteiger partial charge on any atom is 0.255 e. The Bertz CT molecular complexity index is 316. The van der Waals surface area contributed by atoms with Gasteiger partial charge in [-0.1, -0.05) is 6.92 Å². The van der Waals surface area contributed by atoms with Gasteiger partial charge >= 0.3 is 0 Å². The van der Waals surface area contributed by atoms with Gasteiger partial charge in [0.15, 0.2) is 5.78 Å². The first kappa shape index (κ1) is 10.5. The zero-order chi connectivity index (χ0) is 10.6. The Kier molecular flexibility index (Phi) is 3.45. The SMILES string of the molecule is CCC(=O)C(C)NC(=O)c1ccoc1. The van der Waals surface area contributed by atoms with Crippen LogP contribution in [0, 0.1) is 0 Å². The Morgan fingerprint density at radius 2 is 2.29 bits per heavy atom.